The standard InChI is InChI=1S/C11H19N3O2/c1-3-4-10(11(15)16)13-6-8-14-7-5-12-9(14)2/h5,7,10,13H,3-4,6,8H2,1-2H3,(H,15,16). The minimum atomic E-state index is -0.774. The molecule has 5 heteroatoms. The Morgan fingerprint density at radius 3 is 2.94 bits per heavy atom. The van der Waals surface area contributed by atoms with Gasteiger partial charge in [0.05, 0.1) is 0 Å². The molecule has 1 atom stereocenters. The molecule has 1 aromatic rings. The van der Waals surface area contributed by atoms with E-state index in [2.05, 4.69) is 10.3 Å². The average Bonchev–Trinajstić information content (AvgIpc) is 2.63. The van der Waals surface area contributed by atoms with E-state index in [0.717, 1.165) is 18.8 Å². The van der Waals surface area contributed by atoms with Crippen LogP contribution < -0.4 is 5.32 Å². The quantitative estimate of drug-likeness (QED) is 0.727. The maximum absolute atomic E-state index is 10.9. The second-order valence-electron chi connectivity index (χ2n) is 3.80. The Balaban J connectivity index is 2.33. The molecule has 5 nitrogen and oxygen atoms in total. The molecular formula is C11H19N3O2. The van der Waals surface area contributed by atoms with E-state index in [1.165, 1.54) is 0 Å². The largest absolute Gasteiger partial charge is 0.480 e. The zero-order chi connectivity index (χ0) is 12.0. The Bertz CT molecular complexity index is 336. The van der Waals surface area contributed by atoms with Crippen LogP contribution in [0, 0.1) is 6.92 Å². The van der Waals surface area contributed by atoms with Gasteiger partial charge in [-0.15, -0.1) is 0 Å². The molecule has 0 saturated carbocycles. The molecule has 0 aliphatic heterocycles. The Morgan fingerprint density at radius 2 is 2.44 bits per heavy atom. The number of nitrogens with zero attached hydrogens (tertiary/aromatic N) is 2. The molecule has 2 N–H and O–H groups in total. The third kappa shape index (κ3) is 3.66. The Labute approximate surface area is 95.5 Å². The lowest BCUT2D eigenvalue weighted by atomic mass is 10.2. The highest BCUT2D eigenvalue weighted by Gasteiger charge is 2.14. The predicted octanol–water partition coefficient (Wildman–Crippen LogP) is 1.03. The number of rotatable bonds is 7. The van der Waals surface area contributed by atoms with Gasteiger partial charge in [0.1, 0.15) is 11.9 Å². The Morgan fingerprint density at radius 1 is 1.69 bits per heavy atom. The lowest BCUT2D eigenvalue weighted by Gasteiger charge is -2.13. The van der Waals surface area contributed by atoms with Crippen molar-refractivity contribution >= 4 is 5.97 Å². The van der Waals surface area contributed by atoms with Crippen molar-refractivity contribution in [2.45, 2.75) is 39.3 Å². The fraction of sp³-hybridized carbons (Fsp3) is 0.636. The molecule has 0 aromatic carbocycles. The van der Waals surface area contributed by atoms with Gasteiger partial charge in [0.15, 0.2) is 0 Å². The first-order valence-corrected chi connectivity index (χ1v) is 5.59. The first-order chi connectivity index (χ1) is 7.65. The van der Waals surface area contributed by atoms with E-state index in [1.807, 2.05) is 24.6 Å². The number of carboxylic acid groups (broad SMARTS) is 1. The number of imidazole rings is 1. The third-order valence-electron chi connectivity index (χ3n) is 2.54. The van der Waals surface area contributed by atoms with Crippen LogP contribution in [0.2, 0.25) is 0 Å². The highest BCUT2D eigenvalue weighted by Crippen LogP contribution is 1.98. The van der Waals surface area contributed by atoms with Gasteiger partial charge < -0.3 is 15.0 Å². The lowest BCUT2D eigenvalue weighted by molar-refractivity contribution is -0.139. The van der Waals surface area contributed by atoms with Crippen molar-refractivity contribution in [1.29, 1.82) is 0 Å². The molecule has 0 aliphatic rings. The summed E-state index contributed by atoms with van der Waals surface area (Å²) in [4.78, 5) is 15.0. The van der Waals surface area contributed by atoms with E-state index in [1.54, 1.807) is 6.20 Å². The smallest absolute Gasteiger partial charge is 0.320 e. The average molecular weight is 225 g/mol. The summed E-state index contributed by atoms with van der Waals surface area (Å²) in [5, 5.41) is 12.0. The summed E-state index contributed by atoms with van der Waals surface area (Å²) in [6, 6.07) is -0.436. The molecule has 1 unspecified atom stereocenters. The SMILES string of the molecule is CCCC(NCCn1ccnc1C)C(=O)O. The van der Waals surface area contributed by atoms with E-state index >= 15 is 0 Å². The van der Waals surface area contributed by atoms with Gasteiger partial charge in [-0.1, -0.05) is 13.3 Å². The van der Waals surface area contributed by atoms with Crippen LogP contribution >= 0.6 is 0 Å². The van der Waals surface area contributed by atoms with Crippen molar-refractivity contribution < 1.29 is 9.90 Å². The number of hydrogen-bond acceptors (Lipinski definition) is 3. The van der Waals surface area contributed by atoms with Gasteiger partial charge in [-0.25, -0.2) is 4.98 Å². The number of carbonyl (C=O) groups is 1. The second-order valence-corrected chi connectivity index (χ2v) is 3.80. The molecule has 1 rings (SSSR count). The van der Waals surface area contributed by atoms with E-state index in [0.29, 0.717) is 13.0 Å². The summed E-state index contributed by atoms with van der Waals surface area (Å²) in [5.41, 5.74) is 0. The van der Waals surface area contributed by atoms with Gasteiger partial charge in [-0.2, -0.15) is 0 Å². The summed E-state index contributed by atoms with van der Waals surface area (Å²) in [6.07, 6.45) is 5.18. The van der Waals surface area contributed by atoms with Crippen LogP contribution in [0.5, 0.6) is 0 Å². The van der Waals surface area contributed by atoms with Crippen molar-refractivity contribution in [1.82, 2.24) is 14.9 Å². The number of nitrogens with one attached hydrogen (secondary N) is 1. The molecule has 0 amide bonds. The summed E-state index contributed by atoms with van der Waals surface area (Å²) >= 11 is 0. The summed E-state index contributed by atoms with van der Waals surface area (Å²) in [6.45, 7) is 5.31. The molecule has 0 saturated heterocycles. The Kier molecular flexibility index (Phi) is 4.98. The van der Waals surface area contributed by atoms with Crippen molar-refractivity contribution in [3.05, 3.63) is 18.2 Å². The van der Waals surface area contributed by atoms with Crippen molar-refractivity contribution in [2.24, 2.45) is 0 Å². The maximum Gasteiger partial charge on any atom is 0.320 e. The van der Waals surface area contributed by atoms with Crippen LogP contribution in [0.1, 0.15) is 25.6 Å². The van der Waals surface area contributed by atoms with Gasteiger partial charge in [-0.05, 0) is 13.3 Å². The minimum absolute atomic E-state index is 0.436. The number of aryl methyl sites for hydroxylation is 1. The summed E-state index contributed by atoms with van der Waals surface area (Å²) < 4.78 is 2.00. The lowest BCUT2D eigenvalue weighted by Crippen LogP contribution is -2.38. The highest BCUT2D eigenvalue weighted by atomic mass is 16.4. The van der Waals surface area contributed by atoms with Crippen LogP contribution in [0.25, 0.3) is 0 Å². The van der Waals surface area contributed by atoms with Crippen LogP contribution in [0.3, 0.4) is 0 Å². The van der Waals surface area contributed by atoms with E-state index in [-0.39, 0.29) is 0 Å². The molecule has 0 bridgehead atoms. The van der Waals surface area contributed by atoms with E-state index < -0.39 is 12.0 Å². The van der Waals surface area contributed by atoms with Crippen molar-refractivity contribution in [3.8, 4) is 0 Å². The van der Waals surface area contributed by atoms with Crippen LogP contribution in [0.4, 0.5) is 0 Å². The van der Waals surface area contributed by atoms with Crippen molar-refractivity contribution in [2.75, 3.05) is 6.54 Å². The normalized spacial score (nSPS) is 12.6. The topological polar surface area (TPSA) is 67.2 Å². The number of carboxylic acids is 1. The fourth-order valence-corrected chi connectivity index (χ4v) is 1.60. The Hall–Kier alpha value is -1.36. The molecule has 0 aliphatic carbocycles. The first kappa shape index (κ1) is 12.7. The molecule has 1 heterocycles. The van der Waals surface area contributed by atoms with Crippen LogP contribution in [-0.4, -0.2) is 33.2 Å². The molecule has 16 heavy (non-hydrogen) atoms. The third-order valence-corrected chi connectivity index (χ3v) is 2.54. The van der Waals surface area contributed by atoms with Gasteiger partial charge >= 0.3 is 5.97 Å². The van der Waals surface area contributed by atoms with Crippen LogP contribution in [-0.2, 0) is 11.3 Å². The van der Waals surface area contributed by atoms with Crippen LogP contribution in [0.15, 0.2) is 12.4 Å². The summed E-state index contributed by atoms with van der Waals surface area (Å²) in [5.74, 6) is 0.174. The highest BCUT2D eigenvalue weighted by molar-refractivity contribution is 5.73. The monoisotopic (exact) mass is 225 g/mol. The molecule has 0 spiro atoms. The number of hydrogen-bond donors (Lipinski definition) is 2. The minimum Gasteiger partial charge on any atom is -0.480 e. The molecule has 0 fully saturated rings. The van der Waals surface area contributed by atoms with Gasteiger partial charge in [0, 0.05) is 25.5 Å². The van der Waals surface area contributed by atoms with Gasteiger partial charge in [0.2, 0.25) is 0 Å². The molecular weight excluding hydrogens is 206 g/mol. The zero-order valence-electron chi connectivity index (χ0n) is 9.81. The fourth-order valence-electron chi connectivity index (χ4n) is 1.60. The zero-order valence-corrected chi connectivity index (χ0v) is 9.81. The number of aliphatic carboxylic acids is 1. The molecule has 0 radical (unpaired) electrons. The summed E-state index contributed by atoms with van der Waals surface area (Å²) in [7, 11) is 0. The second kappa shape index (κ2) is 6.27. The molecule has 90 valence electrons. The van der Waals surface area contributed by atoms with Gasteiger partial charge in [-0.3, -0.25) is 4.79 Å². The van der Waals surface area contributed by atoms with E-state index in [9.17, 15) is 4.79 Å². The van der Waals surface area contributed by atoms with Crippen molar-refractivity contribution in [3.63, 3.8) is 0 Å². The van der Waals surface area contributed by atoms with E-state index in [4.69, 9.17) is 5.11 Å². The first-order valence-electron chi connectivity index (χ1n) is 5.59. The van der Waals surface area contributed by atoms with Gasteiger partial charge in [0.25, 0.3) is 0 Å². The predicted molar refractivity (Wildman–Crippen MR) is 61.3 cm³/mol. The molecule has 1 aromatic heterocycles. The maximum atomic E-state index is 10.9. The number of aromatic nitrogens is 2.